The Morgan fingerprint density at radius 1 is 1.19 bits per heavy atom. The van der Waals surface area contributed by atoms with Crippen LogP contribution in [0.15, 0.2) is 46.4 Å². The van der Waals surface area contributed by atoms with Crippen molar-refractivity contribution in [3.05, 3.63) is 56.1 Å². The summed E-state index contributed by atoms with van der Waals surface area (Å²) >= 11 is 2.82. The number of amides is 1. The lowest BCUT2D eigenvalue weighted by molar-refractivity contribution is -0.895. The summed E-state index contributed by atoms with van der Waals surface area (Å²) in [5.41, 5.74) is 0.203. The minimum absolute atomic E-state index is 0.203. The van der Waals surface area contributed by atoms with Gasteiger partial charge in [-0.2, -0.15) is 0 Å². The number of nitrogens with one attached hydrogen (secondary N) is 1. The lowest BCUT2D eigenvalue weighted by Crippen LogP contribution is -3.12. The molecule has 0 unspecified atom stereocenters. The summed E-state index contributed by atoms with van der Waals surface area (Å²) in [5, 5.41) is 14.3. The monoisotopic (exact) mass is 391 g/mol. The third-order valence-electron chi connectivity index (χ3n) is 4.81. The highest BCUT2D eigenvalue weighted by Crippen LogP contribution is 2.40. The fourth-order valence-corrected chi connectivity index (χ4v) is 4.80. The summed E-state index contributed by atoms with van der Waals surface area (Å²) in [7, 11) is 0. The summed E-state index contributed by atoms with van der Waals surface area (Å²) in [6.07, 6.45) is 0. The van der Waals surface area contributed by atoms with Gasteiger partial charge in [-0.15, -0.1) is 22.7 Å². The van der Waals surface area contributed by atoms with Crippen LogP contribution in [-0.4, -0.2) is 47.9 Å². The van der Waals surface area contributed by atoms with E-state index in [2.05, 4.69) is 13.8 Å². The molecule has 26 heavy (non-hydrogen) atoms. The van der Waals surface area contributed by atoms with Crippen LogP contribution in [0.2, 0.25) is 0 Å². The van der Waals surface area contributed by atoms with Crippen LogP contribution in [0, 0.1) is 0 Å². The Bertz CT molecular complexity index is 793. The van der Waals surface area contributed by atoms with Crippen LogP contribution in [0.5, 0.6) is 0 Å². The molecule has 0 aromatic carbocycles. The van der Waals surface area contributed by atoms with Gasteiger partial charge in [0.05, 0.1) is 42.7 Å². The minimum Gasteiger partial charge on any atom is -0.503 e. The van der Waals surface area contributed by atoms with Crippen LogP contribution in [0.1, 0.15) is 34.4 Å². The molecule has 0 aliphatic carbocycles. The first-order chi connectivity index (χ1) is 12.6. The molecular formula is C19H23N2O3S2+. The molecule has 0 fully saturated rings. The number of carbonyl (C=O) groups excluding carboxylic acids is 2. The summed E-state index contributed by atoms with van der Waals surface area (Å²) in [4.78, 5) is 30.2. The molecule has 2 aromatic rings. The number of hydrogen-bond donors (Lipinski definition) is 2. The Labute approximate surface area is 161 Å². The predicted molar refractivity (Wildman–Crippen MR) is 104 cm³/mol. The van der Waals surface area contributed by atoms with Gasteiger partial charge in [-0.05, 0) is 36.7 Å². The first-order valence-corrected chi connectivity index (χ1v) is 10.5. The van der Waals surface area contributed by atoms with Crippen molar-refractivity contribution in [3.63, 3.8) is 0 Å². The highest BCUT2D eigenvalue weighted by molar-refractivity contribution is 7.12. The molecule has 1 aliphatic heterocycles. The van der Waals surface area contributed by atoms with Gasteiger partial charge in [-0.25, -0.2) is 0 Å². The van der Waals surface area contributed by atoms with Gasteiger partial charge >= 0.3 is 0 Å². The lowest BCUT2D eigenvalue weighted by atomic mass is 10.0. The quantitative estimate of drug-likeness (QED) is 0.679. The molecule has 1 amide bonds. The molecule has 0 spiro atoms. The van der Waals surface area contributed by atoms with Gasteiger partial charge in [0.25, 0.3) is 5.91 Å². The molecule has 1 atom stereocenters. The normalized spacial score (nSPS) is 17.6. The number of rotatable bonds is 8. The van der Waals surface area contributed by atoms with E-state index in [0.29, 0.717) is 11.4 Å². The zero-order chi connectivity index (χ0) is 18.7. The van der Waals surface area contributed by atoms with Crippen molar-refractivity contribution >= 4 is 34.4 Å². The van der Waals surface area contributed by atoms with Crippen LogP contribution >= 0.6 is 22.7 Å². The van der Waals surface area contributed by atoms with Crippen LogP contribution in [0.25, 0.3) is 0 Å². The minimum atomic E-state index is -0.507. The van der Waals surface area contributed by atoms with Gasteiger partial charge in [-0.1, -0.05) is 12.1 Å². The lowest BCUT2D eigenvalue weighted by Gasteiger charge is -2.27. The summed E-state index contributed by atoms with van der Waals surface area (Å²) in [6.45, 7) is 7.47. The van der Waals surface area contributed by atoms with Crippen molar-refractivity contribution in [1.29, 1.82) is 0 Å². The number of aliphatic hydroxyl groups is 1. The fourth-order valence-electron chi connectivity index (χ4n) is 3.28. The third kappa shape index (κ3) is 3.47. The van der Waals surface area contributed by atoms with E-state index < -0.39 is 17.7 Å². The highest BCUT2D eigenvalue weighted by atomic mass is 32.1. The van der Waals surface area contributed by atoms with Crippen LogP contribution in [0.4, 0.5) is 0 Å². The fraction of sp³-hybridized carbons (Fsp3) is 0.368. The van der Waals surface area contributed by atoms with Gasteiger partial charge in [0.1, 0.15) is 0 Å². The Kier molecular flexibility index (Phi) is 5.90. The summed E-state index contributed by atoms with van der Waals surface area (Å²) < 4.78 is 0. The smallest absolute Gasteiger partial charge is 0.290 e. The average Bonchev–Trinajstić information content (AvgIpc) is 3.39. The zero-order valence-corrected chi connectivity index (χ0v) is 16.5. The van der Waals surface area contributed by atoms with Crippen molar-refractivity contribution in [2.45, 2.75) is 19.9 Å². The van der Waals surface area contributed by atoms with E-state index in [1.165, 1.54) is 27.6 Å². The number of Topliss-reactive ketones (excluding diaryl/α,β-unsaturated/α-hetero) is 1. The molecule has 1 aliphatic rings. The molecule has 2 aromatic heterocycles. The molecule has 0 saturated carbocycles. The Balaban J connectivity index is 1.94. The maximum absolute atomic E-state index is 13.0. The summed E-state index contributed by atoms with van der Waals surface area (Å²) in [6, 6.07) is 6.84. The second-order valence-electron chi connectivity index (χ2n) is 6.19. The van der Waals surface area contributed by atoms with E-state index in [4.69, 9.17) is 0 Å². The van der Waals surface area contributed by atoms with Gasteiger partial charge in [0, 0.05) is 4.88 Å². The number of thiophene rings is 2. The number of quaternary nitrogens is 1. The number of ketones is 1. The van der Waals surface area contributed by atoms with Crippen LogP contribution in [-0.2, 0) is 4.79 Å². The number of aliphatic hydroxyl groups excluding tert-OH is 1. The van der Waals surface area contributed by atoms with Crippen molar-refractivity contribution in [3.8, 4) is 0 Å². The predicted octanol–water partition coefficient (Wildman–Crippen LogP) is 2.31. The van der Waals surface area contributed by atoms with Gasteiger partial charge in [0.2, 0.25) is 5.78 Å². The van der Waals surface area contributed by atoms with Crippen molar-refractivity contribution in [2.75, 3.05) is 26.2 Å². The second kappa shape index (κ2) is 8.16. The van der Waals surface area contributed by atoms with E-state index in [1.54, 1.807) is 17.0 Å². The molecule has 7 heteroatoms. The van der Waals surface area contributed by atoms with Crippen molar-refractivity contribution < 1.29 is 19.6 Å². The topological polar surface area (TPSA) is 62.1 Å². The van der Waals surface area contributed by atoms with Crippen molar-refractivity contribution in [2.24, 2.45) is 0 Å². The zero-order valence-electron chi connectivity index (χ0n) is 14.9. The third-order valence-corrected chi connectivity index (χ3v) is 6.61. The molecule has 0 radical (unpaired) electrons. The molecule has 5 nitrogen and oxygen atoms in total. The van der Waals surface area contributed by atoms with Gasteiger partial charge in [0.15, 0.2) is 5.76 Å². The number of carbonyl (C=O) groups is 2. The number of likely N-dealkylation sites (N-methyl/N-ethyl adjacent to an activating group) is 1. The SMILES string of the molecule is CC[NH+](CC)CCN1C(=O)C(O)=C(C(=O)c2cccs2)[C@@H]1c1cccs1. The first kappa shape index (κ1) is 18.8. The van der Waals surface area contributed by atoms with E-state index in [-0.39, 0.29) is 11.4 Å². The van der Waals surface area contributed by atoms with Gasteiger partial charge < -0.3 is 14.9 Å². The maximum atomic E-state index is 13.0. The van der Waals surface area contributed by atoms with E-state index in [9.17, 15) is 14.7 Å². The highest BCUT2D eigenvalue weighted by Gasteiger charge is 2.44. The Morgan fingerprint density at radius 2 is 1.88 bits per heavy atom. The number of nitrogens with zero attached hydrogens (tertiary/aromatic N) is 1. The first-order valence-electron chi connectivity index (χ1n) is 8.77. The largest absolute Gasteiger partial charge is 0.503 e. The number of hydrogen-bond acceptors (Lipinski definition) is 5. The average molecular weight is 392 g/mol. The molecule has 138 valence electrons. The molecule has 0 bridgehead atoms. The van der Waals surface area contributed by atoms with Gasteiger partial charge in [-0.3, -0.25) is 9.59 Å². The molecule has 3 heterocycles. The van der Waals surface area contributed by atoms with E-state index in [1.807, 2.05) is 22.9 Å². The molecule has 2 N–H and O–H groups in total. The van der Waals surface area contributed by atoms with E-state index in [0.717, 1.165) is 24.5 Å². The summed E-state index contributed by atoms with van der Waals surface area (Å²) in [5.74, 6) is -1.12. The molecular weight excluding hydrogens is 368 g/mol. The molecule has 3 rings (SSSR count). The van der Waals surface area contributed by atoms with Crippen molar-refractivity contribution in [1.82, 2.24) is 4.90 Å². The maximum Gasteiger partial charge on any atom is 0.290 e. The Morgan fingerprint density at radius 3 is 2.46 bits per heavy atom. The molecule has 0 saturated heterocycles. The second-order valence-corrected chi connectivity index (χ2v) is 8.12. The van der Waals surface area contributed by atoms with E-state index >= 15 is 0 Å². The van der Waals surface area contributed by atoms with Crippen LogP contribution in [0.3, 0.4) is 0 Å². The van der Waals surface area contributed by atoms with Crippen LogP contribution < -0.4 is 4.90 Å². The Hall–Kier alpha value is -1.96. The standard InChI is InChI=1S/C19H22N2O3S2/c1-3-20(4-2)9-10-21-16(13-7-5-11-25-13)15(18(23)19(21)24)17(22)14-8-6-12-26-14/h5-8,11-12,16,23H,3-4,9-10H2,1-2H3/p+1/t16-/m0/s1.